The summed E-state index contributed by atoms with van der Waals surface area (Å²) in [4.78, 5) is 22.8. The maximum Gasteiger partial charge on any atom is 0.339 e. The lowest BCUT2D eigenvalue weighted by molar-refractivity contribution is -0.384. The molecular formula is C21H17NO5. The van der Waals surface area contributed by atoms with Crippen LogP contribution in [0.4, 0.5) is 5.69 Å². The number of nitrogens with zero attached hydrogens (tertiary/aromatic N) is 1. The fourth-order valence-electron chi connectivity index (χ4n) is 2.63. The fourth-order valence-corrected chi connectivity index (χ4v) is 2.63. The predicted octanol–water partition coefficient (Wildman–Crippen LogP) is 4.55. The van der Waals surface area contributed by atoms with Gasteiger partial charge in [-0.2, -0.15) is 0 Å². The Morgan fingerprint density at radius 1 is 0.889 bits per heavy atom. The van der Waals surface area contributed by atoms with E-state index < -0.39 is 17.0 Å². The Morgan fingerprint density at radius 2 is 1.48 bits per heavy atom. The number of hydrogen-bond acceptors (Lipinski definition) is 5. The van der Waals surface area contributed by atoms with Gasteiger partial charge in [-0.1, -0.05) is 42.5 Å². The topological polar surface area (TPSA) is 78.7 Å². The van der Waals surface area contributed by atoms with Crippen molar-refractivity contribution in [1.82, 2.24) is 0 Å². The van der Waals surface area contributed by atoms with Crippen molar-refractivity contribution in [3.8, 4) is 5.75 Å². The molecule has 0 N–H and O–H groups in total. The number of nitro benzene ring substituents is 1. The number of rotatable bonds is 6. The fraction of sp³-hybridized carbons (Fsp3) is 0.0952. The summed E-state index contributed by atoms with van der Waals surface area (Å²) in [5.74, 6) is 0.141. The molecule has 0 aliphatic rings. The molecule has 0 heterocycles. The van der Waals surface area contributed by atoms with Gasteiger partial charge in [0.1, 0.15) is 5.75 Å². The highest BCUT2D eigenvalue weighted by molar-refractivity contribution is 5.90. The van der Waals surface area contributed by atoms with Crippen LogP contribution in [0.1, 0.15) is 27.6 Å². The van der Waals surface area contributed by atoms with E-state index in [0.29, 0.717) is 5.75 Å². The van der Waals surface area contributed by atoms with Gasteiger partial charge in [-0.25, -0.2) is 4.79 Å². The van der Waals surface area contributed by atoms with Gasteiger partial charge >= 0.3 is 5.97 Å². The van der Waals surface area contributed by atoms with Crippen LogP contribution >= 0.6 is 0 Å². The lowest BCUT2D eigenvalue weighted by Gasteiger charge is -2.19. The van der Waals surface area contributed by atoms with Crippen LogP contribution in [0, 0.1) is 10.1 Å². The van der Waals surface area contributed by atoms with Crippen molar-refractivity contribution in [2.45, 2.75) is 6.10 Å². The van der Waals surface area contributed by atoms with Crippen LogP contribution in [0.3, 0.4) is 0 Å². The van der Waals surface area contributed by atoms with Gasteiger partial charge in [0.25, 0.3) is 5.69 Å². The van der Waals surface area contributed by atoms with Crippen LogP contribution in [0.5, 0.6) is 5.75 Å². The standard InChI is InChI=1S/C21H17NO5/c1-26-19-13-9-16(10-14-19)20(15-5-3-2-4-6-15)27-21(23)17-7-11-18(12-8-17)22(24)25/h2-14,20H,1H3/t20-/m1/s1. The second kappa shape index (κ2) is 8.14. The smallest absolute Gasteiger partial charge is 0.339 e. The van der Waals surface area contributed by atoms with Crippen molar-refractivity contribution in [3.63, 3.8) is 0 Å². The molecule has 3 rings (SSSR count). The molecule has 27 heavy (non-hydrogen) atoms. The van der Waals surface area contributed by atoms with Crippen molar-refractivity contribution in [1.29, 1.82) is 0 Å². The minimum absolute atomic E-state index is 0.0821. The number of carbonyl (C=O) groups is 1. The van der Waals surface area contributed by atoms with Crippen molar-refractivity contribution in [2.75, 3.05) is 7.11 Å². The molecule has 0 saturated carbocycles. The van der Waals surface area contributed by atoms with Crippen molar-refractivity contribution < 1.29 is 19.2 Å². The first kappa shape index (κ1) is 18.1. The zero-order valence-electron chi connectivity index (χ0n) is 14.6. The molecule has 0 bridgehead atoms. The number of hydrogen-bond donors (Lipinski definition) is 0. The van der Waals surface area contributed by atoms with Gasteiger partial charge in [0.2, 0.25) is 0 Å². The van der Waals surface area contributed by atoms with Crippen LogP contribution in [-0.4, -0.2) is 18.0 Å². The number of methoxy groups -OCH3 is 1. The summed E-state index contributed by atoms with van der Waals surface area (Å²) in [6, 6.07) is 21.9. The average molecular weight is 363 g/mol. The number of esters is 1. The summed E-state index contributed by atoms with van der Waals surface area (Å²) in [7, 11) is 1.58. The highest BCUT2D eigenvalue weighted by Gasteiger charge is 2.20. The van der Waals surface area contributed by atoms with Gasteiger partial charge in [0.05, 0.1) is 17.6 Å². The molecule has 0 aliphatic carbocycles. The molecule has 3 aromatic rings. The van der Waals surface area contributed by atoms with E-state index in [-0.39, 0.29) is 11.3 Å². The van der Waals surface area contributed by atoms with E-state index >= 15 is 0 Å². The SMILES string of the molecule is COc1ccc([C@H](OC(=O)c2ccc([N+](=O)[O-])cc2)c2ccccc2)cc1. The Balaban J connectivity index is 1.88. The summed E-state index contributed by atoms with van der Waals surface area (Å²) in [6.45, 7) is 0. The van der Waals surface area contributed by atoms with E-state index in [1.165, 1.54) is 24.3 Å². The van der Waals surface area contributed by atoms with Crippen molar-refractivity contribution in [2.24, 2.45) is 0 Å². The van der Waals surface area contributed by atoms with E-state index in [9.17, 15) is 14.9 Å². The molecule has 0 aromatic heterocycles. The Hall–Kier alpha value is -3.67. The summed E-state index contributed by atoms with van der Waals surface area (Å²) in [6.07, 6.45) is -0.611. The second-order valence-corrected chi connectivity index (χ2v) is 5.77. The summed E-state index contributed by atoms with van der Waals surface area (Å²) >= 11 is 0. The van der Waals surface area contributed by atoms with Crippen LogP contribution < -0.4 is 4.74 Å². The number of nitro groups is 1. The average Bonchev–Trinajstić information content (AvgIpc) is 2.72. The van der Waals surface area contributed by atoms with Gasteiger partial charge in [0.15, 0.2) is 6.10 Å². The minimum atomic E-state index is -0.611. The van der Waals surface area contributed by atoms with E-state index in [1.54, 1.807) is 19.2 Å². The second-order valence-electron chi connectivity index (χ2n) is 5.77. The summed E-state index contributed by atoms with van der Waals surface area (Å²) in [5, 5.41) is 10.8. The molecule has 0 aliphatic heterocycles. The Morgan fingerprint density at radius 3 is 2.04 bits per heavy atom. The van der Waals surface area contributed by atoms with Crippen LogP contribution in [-0.2, 0) is 4.74 Å². The Bertz CT molecular complexity index is 921. The molecule has 0 unspecified atom stereocenters. The van der Waals surface area contributed by atoms with Gasteiger partial charge in [0, 0.05) is 12.1 Å². The van der Waals surface area contributed by atoms with E-state index in [4.69, 9.17) is 9.47 Å². The number of ether oxygens (including phenoxy) is 2. The third-order valence-corrected chi connectivity index (χ3v) is 4.06. The van der Waals surface area contributed by atoms with E-state index in [1.807, 2.05) is 42.5 Å². The van der Waals surface area contributed by atoms with Gasteiger partial charge in [-0.05, 0) is 35.4 Å². The Labute approximate surface area is 156 Å². The first-order valence-electron chi connectivity index (χ1n) is 8.23. The summed E-state index contributed by atoms with van der Waals surface area (Å²) < 4.78 is 10.9. The van der Waals surface area contributed by atoms with E-state index in [2.05, 4.69) is 0 Å². The first-order chi connectivity index (χ1) is 13.1. The normalized spacial score (nSPS) is 11.4. The zero-order valence-corrected chi connectivity index (χ0v) is 14.6. The summed E-state index contributed by atoms with van der Waals surface area (Å²) in [5.41, 5.74) is 1.77. The van der Waals surface area contributed by atoms with Gasteiger partial charge < -0.3 is 9.47 Å². The quantitative estimate of drug-likeness (QED) is 0.365. The van der Waals surface area contributed by atoms with Crippen LogP contribution in [0.15, 0.2) is 78.9 Å². The molecule has 0 radical (unpaired) electrons. The first-order valence-corrected chi connectivity index (χ1v) is 8.23. The van der Waals surface area contributed by atoms with Gasteiger partial charge in [-0.15, -0.1) is 0 Å². The molecule has 6 heteroatoms. The van der Waals surface area contributed by atoms with E-state index in [0.717, 1.165) is 11.1 Å². The largest absolute Gasteiger partial charge is 0.497 e. The highest BCUT2D eigenvalue weighted by atomic mass is 16.6. The lowest BCUT2D eigenvalue weighted by atomic mass is 10.0. The zero-order chi connectivity index (χ0) is 19.2. The van der Waals surface area contributed by atoms with Crippen molar-refractivity contribution in [3.05, 3.63) is 106 Å². The molecule has 0 amide bonds. The molecule has 0 saturated heterocycles. The monoisotopic (exact) mass is 363 g/mol. The maximum absolute atomic E-state index is 12.6. The maximum atomic E-state index is 12.6. The predicted molar refractivity (Wildman–Crippen MR) is 99.8 cm³/mol. The number of carbonyl (C=O) groups excluding carboxylic acids is 1. The highest BCUT2D eigenvalue weighted by Crippen LogP contribution is 2.28. The van der Waals surface area contributed by atoms with Crippen LogP contribution in [0.25, 0.3) is 0 Å². The number of non-ortho nitro benzene ring substituents is 1. The third kappa shape index (κ3) is 4.30. The molecule has 136 valence electrons. The molecule has 3 aromatic carbocycles. The molecular weight excluding hydrogens is 346 g/mol. The molecule has 1 atom stereocenters. The van der Waals surface area contributed by atoms with Gasteiger partial charge in [-0.3, -0.25) is 10.1 Å². The molecule has 6 nitrogen and oxygen atoms in total. The molecule has 0 spiro atoms. The molecule has 0 fully saturated rings. The lowest BCUT2D eigenvalue weighted by Crippen LogP contribution is -2.13. The Kier molecular flexibility index (Phi) is 5.47. The third-order valence-electron chi connectivity index (χ3n) is 4.06. The van der Waals surface area contributed by atoms with Crippen molar-refractivity contribution >= 4 is 11.7 Å². The van der Waals surface area contributed by atoms with Crippen LogP contribution in [0.2, 0.25) is 0 Å². The minimum Gasteiger partial charge on any atom is -0.497 e. The number of benzene rings is 3.